The highest BCUT2D eigenvalue weighted by atomic mass is 19.1. The van der Waals surface area contributed by atoms with Crippen molar-refractivity contribution in [3.63, 3.8) is 0 Å². The molecule has 3 rings (SSSR count). The van der Waals surface area contributed by atoms with Crippen LogP contribution in [-0.2, 0) is 16.1 Å². The van der Waals surface area contributed by atoms with E-state index in [0.29, 0.717) is 6.54 Å². The number of halogens is 1. The first-order valence-electron chi connectivity index (χ1n) is 7.31. The SMILES string of the molecule is O=C(O)[C@H]1[C@H]2CC[C@@H](C2)[C@@H]1C(=O)NCc1ccc(F)cc1. The van der Waals surface area contributed by atoms with Crippen LogP contribution in [0.2, 0.25) is 0 Å². The number of amides is 1. The summed E-state index contributed by atoms with van der Waals surface area (Å²) in [5.74, 6) is -1.97. The van der Waals surface area contributed by atoms with Crippen molar-refractivity contribution in [1.82, 2.24) is 5.32 Å². The number of benzene rings is 1. The fraction of sp³-hybridized carbons (Fsp3) is 0.500. The molecule has 2 aliphatic rings. The highest BCUT2D eigenvalue weighted by molar-refractivity contribution is 5.86. The molecule has 1 amide bonds. The number of carboxylic acid groups (broad SMARTS) is 1. The topological polar surface area (TPSA) is 66.4 Å². The molecule has 1 aromatic rings. The van der Waals surface area contributed by atoms with Crippen LogP contribution < -0.4 is 5.32 Å². The summed E-state index contributed by atoms with van der Waals surface area (Å²) >= 11 is 0. The zero-order valence-corrected chi connectivity index (χ0v) is 11.6. The van der Waals surface area contributed by atoms with Crippen molar-refractivity contribution >= 4 is 11.9 Å². The van der Waals surface area contributed by atoms with Crippen molar-refractivity contribution in [1.29, 1.82) is 0 Å². The first-order chi connectivity index (χ1) is 10.1. The number of rotatable bonds is 4. The van der Waals surface area contributed by atoms with Gasteiger partial charge in [-0.05, 0) is 48.8 Å². The van der Waals surface area contributed by atoms with E-state index in [4.69, 9.17) is 0 Å². The molecule has 21 heavy (non-hydrogen) atoms. The lowest BCUT2D eigenvalue weighted by atomic mass is 9.78. The average molecular weight is 291 g/mol. The Morgan fingerprint density at radius 2 is 1.76 bits per heavy atom. The van der Waals surface area contributed by atoms with Crippen molar-refractivity contribution in [2.24, 2.45) is 23.7 Å². The van der Waals surface area contributed by atoms with Gasteiger partial charge in [-0.1, -0.05) is 12.1 Å². The van der Waals surface area contributed by atoms with Crippen molar-refractivity contribution in [3.05, 3.63) is 35.6 Å². The molecule has 0 aliphatic heterocycles. The Kier molecular flexibility index (Phi) is 3.66. The van der Waals surface area contributed by atoms with Crippen LogP contribution in [0.25, 0.3) is 0 Å². The predicted molar refractivity (Wildman–Crippen MR) is 73.7 cm³/mol. The van der Waals surface area contributed by atoms with Crippen LogP contribution in [0, 0.1) is 29.5 Å². The summed E-state index contributed by atoms with van der Waals surface area (Å²) in [7, 11) is 0. The van der Waals surface area contributed by atoms with Gasteiger partial charge in [-0.3, -0.25) is 9.59 Å². The van der Waals surface area contributed by atoms with E-state index in [1.807, 2.05) is 0 Å². The van der Waals surface area contributed by atoms with Crippen LogP contribution in [-0.4, -0.2) is 17.0 Å². The fourth-order valence-electron chi connectivity index (χ4n) is 3.93. The number of carbonyl (C=O) groups is 2. The summed E-state index contributed by atoms with van der Waals surface area (Å²) in [4.78, 5) is 23.7. The number of carboxylic acids is 1. The Morgan fingerprint density at radius 1 is 1.14 bits per heavy atom. The third-order valence-electron chi connectivity index (χ3n) is 4.88. The third-order valence-corrected chi connectivity index (χ3v) is 4.88. The molecule has 2 fully saturated rings. The molecule has 4 nitrogen and oxygen atoms in total. The molecule has 0 aromatic heterocycles. The molecule has 112 valence electrons. The van der Waals surface area contributed by atoms with Gasteiger partial charge in [-0.25, -0.2) is 4.39 Å². The van der Waals surface area contributed by atoms with Gasteiger partial charge in [0, 0.05) is 6.54 Å². The van der Waals surface area contributed by atoms with Gasteiger partial charge in [-0.15, -0.1) is 0 Å². The normalized spacial score (nSPS) is 30.3. The summed E-state index contributed by atoms with van der Waals surface area (Å²) in [5, 5.41) is 12.2. The molecule has 2 aliphatic carbocycles. The maximum absolute atomic E-state index is 12.8. The lowest BCUT2D eigenvalue weighted by molar-refractivity contribution is -0.149. The molecule has 0 radical (unpaired) electrons. The highest BCUT2D eigenvalue weighted by Crippen LogP contribution is 2.52. The summed E-state index contributed by atoms with van der Waals surface area (Å²) < 4.78 is 12.8. The zero-order chi connectivity index (χ0) is 15.0. The van der Waals surface area contributed by atoms with E-state index in [2.05, 4.69) is 5.32 Å². The van der Waals surface area contributed by atoms with Crippen molar-refractivity contribution < 1.29 is 19.1 Å². The predicted octanol–water partition coefficient (Wildman–Crippen LogP) is 2.19. The summed E-state index contributed by atoms with van der Waals surface area (Å²) in [5.41, 5.74) is 0.805. The average Bonchev–Trinajstić information content (AvgIpc) is 3.06. The molecule has 5 heteroatoms. The minimum Gasteiger partial charge on any atom is -0.481 e. The van der Waals surface area contributed by atoms with E-state index in [0.717, 1.165) is 24.8 Å². The van der Waals surface area contributed by atoms with Crippen LogP contribution in [0.4, 0.5) is 4.39 Å². The van der Waals surface area contributed by atoms with Gasteiger partial charge < -0.3 is 10.4 Å². The van der Waals surface area contributed by atoms with Crippen LogP contribution >= 0.6 is 0 Å². The monoisotopic (exact) mass is 291 g/mol. The lowest BCUT2D eigenvalue weighted by Crippen LogP contribution is -2.41. The maximum atomic E-state index is 12.8. The first-order valence-corrected chi connectivity index (χ1v) is 7.31. The zero-order valence-electron chi connectivity index (χ0n) is 11.6. The number of hydrogen-bond acceptors (Lipinski definition) is 2. The molecule has 1 aromatic carbocycles. The van der Waals surface area contributed by atoms with Crippen molar-refractivity contribution in [2.75, 3.05) is 0 Å². The van der Waals surface area contributed by atoms with Crippen molar-refractivity contribution in [2.45, 2.75) is 25.8 Å². The van der Waals surface area contributed by atoms with Gasteiger partial charge in [0.05, 0.1) is 11.8 Å². The van der Waals surface area contributed by atoms with Gasteiger partial charge in [-0.2, -0.15) is 0 Å². The maximum Gasteiger partial charge on any atom is 0.307 e. The van der Waals surface area contributed by atoms with Crippen LogP contribution in [0.15, 0.2) is 24.3 Å². The second-order valence-electron chi connectivity index (χ2n) is 6.07. The second-order valence-corrected chi connectivity index (χ2v) is 6.07. The third kappa shape index (κ3) is 2.64. The van der Waals surface area contributed by atoms with Gasteiger partial charge in [0.15, 0.2) is 0 Å². The Morgan fingerprint density at radius 3 is 2.38 bits per heavy atom. The summed E-state index contributed by atoms with van der Waals surface area (Å²) in [6.07, 6.45) is 2.72. The number of hydrogen-bond donors (Lipinski definition) is 2. The molecule has 0 heterocycles. The molecule has 4 atom stereocenters. The van der Waals surface area contributed by atoms with E-state index >= 15 is 0 Å². The number of fused-ring (bicyclic) bond motifs is 2. The van der Waals surface area contributed by atoms with Gasteiger partial charge in [0.1, 0.15) is 5.82 Å². The van der Waals surface area contributed by atoms with Crippen molar-refractivity contribution in [3.8, 4) is 0 Å². The minimum absolute atomic E-state index is 0.147. The van der Waals surface area contributed by atoms with Crippen LogP contribution in [0.1, 0.15) is 24.8 Å². The van der Waals surface area contributed by atoms with Gasteiger partial charge in [0.25, 0.3) is 0 Å². The summed E-state index contributed by atoms with van der Waals surface area (Å²) in [6.45, 7) is 0.305. The molecular formula is C16H18FNO3. The molecule has 0 unspecified atom stereocenters. The Bertz CT molecular complexity index is 557. The smallest absolute Gasteiger partial charge is 0.307 e. The molecular weight excluding hydrogens is 273 g/mol. The van der Waals surface area contributed by atoms with E-state index < -0.39 is 17.8 Å². The molecule has 2 bridgehead atoms. The van der Waals surface area contributed by atoms with Gasteiger partial charge >= 0.3 is 5.97 Å². The van der Waals surface area contributed by atoms with Crippen LogP contribution in [0.5, 0.6) is 0 Å². The molecule has 0 saturated heterocycles. The lowest BCUT2D eigenvalue weighted by Gasteiger charge is -2.27. The fourth-order valence-corrected chi connectivity index (χ4v) is 3.93. The summed E-state index contributed by atoms with van der Waals surface area (Å²) in [6, 6.07) is 5.92. The largest absolute Gasteiger partial charge is 0.481 e. The van der Waals surface area contributed by atoms with E-state index in [1.54, 1.807) is 12.1 Å². The first kappa shape index (κ1) is 14.0. The van der Waals surface area contributed by atoms with Gasteiger partial charge in [0.2, 0.25) is 5.91 Å². The Hall–Kier alpha value is -1.91. The Labute approximate surface area is 122 Å². The molecule has 2 N–H and O–H groups in total. The van der Waals surface area contributed by atoms with E-state index in [-0.39, 0.29) is 23.6 Å². The molecule has 0 spiro atoms. The van der Waals surface area contributed by atoms with E-state index in [1.165, 1.54) is 12.1 Å². The quantitative estimate of drug-likeness (QED) is 0.893. The Balaban J connectivity index is 1.64. The number of aliphatic carboxylic acids is 1. The molecule has 2 saturated carbocycles. The number of carbonyl (C=O) groups excluding carboxylic acids is 1. The van der Waals surface area contributed by atoms with E-state index in [9.17, 15) is 19.1 Å². The standard InChI is InChI=1S/C16H18FNO3/c17-12-5-1-9(2-6-12)8-18-15(19)13-10-3-4-11(7-10)14(13)16(20)21/h1-2,5-6,10-11,13-14H,3-4,7-8H2,(H,18,19)(H,20,21)/t10-,11-,13-,14-/m0/s1. The highest BCUT2D eigenvalue weighted by Gasteiger charge is 2.53. The minimum atomic E-state index is -0.857. The second kappa shape index (κ2) is 5.47. The van der Waals surface area contributed by atoms with Crippen LogP contribution in [0.3, 0.4) is 0 Å². The number of nitrogens with one attached hydrogen (secondary N) is 1.